The van der Waals surface area contributed by atoms with Crippen molar-refractivity contribution in [1.29, 1.82) is 0 Å². The van der Waals surface area contributed by atoms with Gasteiger partial charge in [-0.15, -0.1) is 0 Å². The number of hydrogen-bond donors (Lipinski definition) is 0. The number of carbonyl (C=O) groups excluding carboxylic acids is 1. The zero-order valence-electron chi connectivity index (χ0n) is 10.8. The van der Waals surface area contributed by atoms with Gasteiger partial charge in [-0.25, -0.2) is 0 Å². The molecule has 92 valence electrons. The first-order valence-corrected chi connectivity index (χ1v) is 6.23. The maximum absolute atomic E-state index is 11.2. The molecule has 0 bridgehead atoms. The quantitative estimate of drug-likeness (QED) is 0.711. The Bertz CT molecular complexity index is 591. The van der Waals surface area contributed by atoms with E-state index in [1.54, 1.807) is 12.1 Å². The first-order chi connectivity index (χ1) is 8.52. The van der Waals surface area contributed by atoms with Crippen molar-refractivity contribution >= 4 is 17.9 Å². The van der Waals surface area contributed by atoms with E-state index in [4.69, 9.17) is 11.6 Å². The summed E-state index contributed by atoms with van der Waals surface area (Å²) in [5.74, 6) is 0. The molecule has 0 unspecified atom stereocenters. The van der Waals surface area contributed by atoms with Crippen molar-refractivity contribution in [3.05, 3.63) is 57.6 Å². The minimum Gasteiger partial charge on any atom is -0.298 e. The normalized spacial score (nSPS) is 10.4. The lowest BCUT2D eigenvalue weighted by molar-refractivity contribution is 0.112. The summed E-state index contributed by atoms with van der Waals surface area (Å²) in [6.07, 6.45) is 0.879. The lowest BCUT2D eigenvalue weighted by Crippen LogP contribution is -1.94. The van der Waals surface area contributed by atoms with Crippen LogP contribution in [0.5, 0.6) is 0 Å². The van der Waals surface area contributed by atoms with Gasteiger partial charge in [-0.2, -0.15) is 0 Å². The van der Waals surface area contributed by atoms with Crippen LogP contribution in [0, 0.1) is 20.8 Å². The summed E-state index contributed by atoms with van der Waals surface area (Å²) in [6.45, 7) is 6.19. The molecular weight excluding hydrogens is 244 g/mol. The van der Waals surface area contributed by atoms with E-state index < -0.39 is 0 Å². The van der Waals surface area contributed by atoms with Crippen LogP contribution in [0.25, 0.3) is 11.1 Å². The summed E-state index contributed by atoms with van der Waals surface area (Å²) in [4.78, 5) is 11.2. The van der Waals surface area contributed by atoms with Crippen molar-refractivity contribution in [2.75, 3.05) is 0 Å². The van der Waals surface area contributed by atoms with E-state index in [2.05, 4.69) is 32.9 Å². The van der Waals surface area contributed by atoms with Gasteiger partial charge in [0.25, 0.3) is 0 Å². The van der Waals surface area contributed by atoms with Gasteiger partial charge in [0.1, 0.15) is 0 Å². The molecule has 2 aromatic carbocycles. The van der Waals surface area contributed by atoms with Crippen LogP contribution in [0.3, 0.4) is 0 Å². The Morgan fingerprint density at radius 3 is 2.17 bits per heavy atom. The second kappa shape index (κ2) is 4.95. The Balaban J connectivity index is 2.76. The van der Waals surface area contributed by atoms with Crippen molar-refractivity contribution in [3.63, 3.8) is 0 Å². The van der Waals surface area contributed by atoms with E-state index in [-0.39, 0.29) is 0 Å². The second-order valence-corrected chi connectivity index (χ2v) is 5.06. The number of hydrogen-bond acceptors (Lipinski definition) is 1. The summed E-state index contributed by atoms with van der Waals surface area (Å²) in [5, 5.41) is 0.648. The van der Waals surface area contributed by atoms with E-state index in [9.17, 15) is 4.79 Å². The predicted molar refractivity (Wildman–Crippen MR) is 76.5 cm³/mol. The van der Waals surface area contributed by atoms with E-state index in [1.807, 2.05) is 6.07 Å². The number of aldehydes is 1. The fourth-order valence-electron chi connectivity index (χ4n) is 2.45. The second-order valence-electron chi connectivity index (χ2n) is 4.62. The minimum absolute atomic E-state index is 0.648. The molecule has 0 amide bonds. The van der Waals surface area contributed by atoms with Crippen LogP contribution in [-0.2, 0) is 0 Å². The first-order valence-electron chi connectivity index (χ1n) is 5.86. The van der Waals surface area contributed by atoms with Gasteiger partial charge in [-0.3, -0.25) is 4.79 Å². The molecule has 0 spiro atoms. The third-order valence-electron chi connectivity index (χ3n) is 3.09. The molecular formula is C16H15ClO. The highest BCUT2D eigenvalue weighted by atomic mass is 35.5. The molecule has 0 atom stereocenters. The maximum Gasteiger partial charge on any atom is 0.150 e. The monoisotopic (exact) mass is 258 g/mol. The highest BCUT2D eigenvalue weighted by Gasteiger charge is 2.11. The number of halogens is 1. The van der Waals surface area contributed by atoms with Crippen molar-refractivity contribution in [2.45, 2.75) is 20.8 Å². The zero-order chi connectivity index (χ0) is 13.3. The largest absolute Gasteiger partial charge is 0.298 e. The average molecular weight is 259 g/mol. The van der Waals surface area contributed by atoms with E-state index in [0.29, 0.717) is 10.6 Å². The molecule has 0 saturated heterocycles. The number of aryl methyl sites for hydroxylation is 3. The molecule has 0 saturated carbocycles. The lowest BCUT2D eigenvalue weighted by Gasteiger charge is -2.13. The highest BCUT2D eigenvalue weighted by Crippen LogP contribution is 2.32. The molecule has 0 aliphatic carbocycles. The molecule has 2 heteroatoms. The minimum atomic E-state index is 0.648. The van der Waals surface area contributed by atoms with Gasteiger partial charge >= 0.3 is 0 Å². The Kier molecular flexibility index (Phi) is 3.53. The Morgan fingerprint density at radius 2 is 1.61 bits per heavy atom. The maximum atomic E-state index is 11.2. The molecule has 0 N–H and O–H groups in total. The van der Waals surface area contributed by atoms with Gasteiger partial charge in [0.05, 0.1) is 0 Å². The van der Waals surface area contributed by atoms with Gasteiger partial charge in [-0.05, 0) is 61.2 Å². The van der Waals surface area contributed by atoms with Crippen LogP contribution in [0.4, 0.5) is 0 Å². The van der Waals surface area contributed by atoms with Crippen LogP contribution in [0.2, 0.25) is 5.02 Å². The molecule has 2 aromatic rings. The molecule has 0 aromatic heterocycles. The van der Waals surface area contributed by atoms with Crippen LogP contribution in [0.1, 0.15) is 27.0 Å². The van der Waals surface area contributed by atoms with Crippen LogP contribution in [-0.4, -0.2) is 6.29 Å². The number of rotatable bonds is 2. The van der Waals surface area contributed by atoms with Crippen molar-refractivity contribution < 1.29 is 4.79 Å². The molecule has 1 nitrogen and oxygen atoms in total. The fraction of sp³-hybridized carbons (Fsp3) is 0.188. The third kappa shape index (κ3) is 2.32. The Labute approximate surface area is 112 Å². The highest BCUT2D eigenvalue weighted by molar-refractivity contribution is 6.31. The zero-order valence-corrected chi connectivity index (χ0v) is 11.5. The summed E-state index contributed by atoms with van der Waals surface area (Å²) in [7, 11) is 0. The molecule has 18 heavy (non-hydrogen) atoms. The predicted octanol–water partition coefficient (Wildman–Crippen LogP) is 4.74. The van der Waals surface area contributed by atoms with Gasteiger partial charge in [0.15, 0.2) is 6.29 Å². The molecule has 0 fully saturated rings. The Hall–Kier alpha value is -1.60. The van der Waals surface area contributed by atoms with E-state index in [1.165, 1.54) is 5.56 Å². The van der Waals surface area contributed by atoms with Gasteiger partial charge in [-0.1, -0.05) is 29.3 Å². The van der Waals surface area contributed by atoms with E-state index >= 15 is 0 Å². The van der Waals surface area contributed by atoms with Crippen molar-refractivity contribution in [2.24, 2.45) is 0 Å². The van der Waals surface area contributed by atoms with Crippen molar-refractivity contribution in [3.8, 4) is 11.1 Å². The van der Waals surface area contributed by atoms with Gasteiger partial charge < -0.3 is 0 Å². The van der Waals surface area contributed by atoms with Crippen LogP contribution in [0.15, 0.2) is 30.3 Å². The van der Waals surface area contributed by atoms with Crippen LogP contribution < -0.4 is 0 Å². The standard InChI is InChI=1S/C16H15ClO/c1-10-6-11(2)16(12(3)7-10)15-8-14(17)5-4-13(15)9-18/h4-9H,1-3H3. The molecule has 0 radical (unpaired) electrons. The van der Waals surface area contributed by atoms with Gasteiger partial charge in [0.2, 0.25) is 0 Å². The smallest absolute Gasteiger partial charge is 0.150 e. The molecule has 0 aliphatic rings. The third-order valence-corrected chi connectivity index (χ3v) is 3.32. The summed E-state index contributed by atoms with van der Waals surface area (Å²) >= 11 is 6.04. The summed E-state index contributed by atoms with van der Waals surface area (Å²) in [5.41, 5.74) is 6.24. The number of benzene rings is 2. The van der Waals surface area contributed by atoms with E-state index in [0.717, 1.165) is 28.5 Å². The molecule has 0 heterocycles. The summed E-state index contributed by atoms with van der Waals surface area (Å²) in [6, 6.07) is 9.61. The Morgan fingerprint density at radius 1 is 1.00 bits per heavy atom. The molecule has 0 aliphatic heterocycles. The lowest BCUT2D eigenvalue weighted by atomic mass is 9.91. The topological polar surface area (TPSA) is 17.1 Å². The number of carbonyl (C=O) groups is 1. The van der Waals surface area contributed by atoms with Crippen LogP contribution >= 0.6 is 11.6 Å². The first kappa shape index (κ1) is 12.8. The molecule has 2 rings (SSSR count). The SMILES string of the molecule is Cc1cc(C)c(-c2cc(Cl)ccc2C=O)c(C)c1. The fourth-order valence-corrected chi connectivity index (χ4v) is 2.62. The van der Waals surface area contributed by atoms with Gasteiger partial charge in [0, 0.05) is 10.6 Å². The average Bonchev–Trinajstić information content (AvgIpc) is 2.28. The van der Waals surface area contributed by atoms with Crippen molar-refractivity contribution in [1.82, 2.24) is 0 Å². The summed E-state index contributed by atoms with van der Waals surface area (Å²) < 4.78 is 0.